The minimum absolute atomic E-state index is 0.0412. The van der Waals surface area contributed by atoms with Gasteiger partial charge >= 0.3 is 12.1 Å². The predicted octanol–water partition coefficient (Wildman–Crippen LogP) is 6.89. The third kappa shape index (κ3) is 4.67. The van der Waals surface area contributed by atoms with E-state index >= 15 is 0 Å². The summed E-state index contributed by atoms with van der Waals surface area (Å²) in [4.78, 5) is 0. The van der Waals surface area contributed by atoms with E-state index in [9.17, 15) is 30.7 Å². The molecule has 0 saturated heterocycles. The smallest absolute Gasteiger partial charge is 0.251 e. The average molecular weight is 370 g/mol. The van der Waals surface area contributed by atoms with Gasteiger partial charge in [-0.05, 0) is 61.6 Å². The topological polar surface area (TPSA) is 0 Å². The maximum Gasteiger partial charge on any atom is 0.458 e. The van der Waals surface area contributed by atoms with Gasteiger partial charge < -0.3 is 0 Å². The normalized spacial score (nSPS) is 22.2. The molecule has 0 spiro atoms. The van der Waals surface area contributed by atoms with E-state index in [-0.39, 0.29) is 12.6 Å². The van der Waals surface area contributed by atoms with Crippen LogP contribution in [0, 0.1) is 11.7 Å². The fraction of sp³-hybridized carbons (Fsp3) is 0.667. The highest BCUT2D eigenvalue weighted by molar-refractivity contribution is 5.31. The summed E-state index contributed by atoms with van der Waals surface area (Å²) in [6.45, 7) is -0.330. The van der Waals surface area contributed by atoms with Gasteiger partial charge in [0.2, 0.25) is 0 Å². The third-order valence-electron chi connectivity index (χ3n) is 5.00. The minimum atomic E-state index is -5.83. The van der Waals surface area contributed by atoms with E-state index in [1.807, 2.05) is 0 Å². The lowest BCUT2D eigenvalue weighted by Gasteiger charge is -2.29. The molecular weight excluding hydrogens is 349 g/mol. The SMILES string of the molecule is FCCCCC1CCC(c2ccc(C(F)(F)C(F)(F)F)c(F)c2)CC1. The van der Waals surface area contributed by atoms with Crippen molar-refractivity contribution in [3.63, 3.8) is 0 Å². The Morgan fingerprint density at radius 1 is 0.920 bits per heavy atom. The number of benzene rings is 1. The molecule has 0 heterocycles. The molecule has 1 fully saturated rings. The monoisotopic (exact) mass is 370 g/mol. The average Bonchev–Trinajstić information content (AvgIpc) is 2.54. The fourth-order valence-electron chi connectivity index (χ4n) is 3.50. The first kappa shape index (κ1) is 20.0. The summed E-state index contributed by atoms with van der Waals surface area (Å²) in [5.41, 5.74) is -1.18. The highest BCUT2D eigenvalue weighted by Gasteiger charge is 2.59. The first-order valence-corrected chi connectivity index (χ1v) is 8.47. The maximum absolute atomic E-state index is 13.9. The van der Waals surface area contributed by atoms with Gasteiger partial charge in [-0.3, -0.25) is 4.39 Å². The van der Waals surface area contributed by atoms with Crippen LogP contribution in [0.2, 0.25) is 0 Å². The minimum Gasteiger partial charge on any atom is -0.251 e. The van der Waals surface area contributed by atoms with Crippen LogP contribution in [0.25, 0.3) is 0 Å². The van der Waals surface area contributed by atoms with Gasteiger partial charge in [0.25, 0.3) is 0 Å². The van der Waals surface area contributed by atoms with Crippen LogP contribution in [0.4, 0.5) is 30.7 Å². The van der Waals surface area contributed by atoms with Crippen LogP contribution in [0.5, 0.6) is 0 Å². The highest BCUT2D eigenvalue weighted by Crippen LogP contribution is 2.45. The molecule has 0 unspecified atom stereocenters. The molecule has 1 aromatic carbocycles. The molecular formula is C18H21F7. The van der Waals surface area contributed by atoms with E-state index in [0.29, 0.717) is 24.0 Å². The van der Waals surface area contributed by atoms with Gasteiger partial charge in [-0.2, -0.15) is 22.0 Å². The molecule has 1 aliphatic carbocycles. The van der Waals surface area contributed by atoms with Crippen molar-refractivity contribution in [1.82, 2.24) is 0 Å². The Balaban J connectivity index is 2.02. The van der Waals surface area contributed by atoms with Crippen molar-refractivity contribution < 1.29 is 30.7 Å². The van der Waals surface area contributed by atoms with Crippen molar-refractivity contribution >= 4 is 0 Å². The first-order chi connectivity index (χ1) is 11.7. The van der Waals surface area contributed by atoms with Crippen molar-refractivity contribution in [2.24, 2.45) is 5.92 Å². The highest BCUT2D eigenvalue weighted by atomic mass is 19.4. The lowest BCUT2D eigenvalue weighted by Crippen LogP contribution is -2.34. The molecule has 2 rings (SSSR count). The summed E-state index contributed by atoms with van der Waals surface area (Å²) in [5, 5.41) is 0. The Bertz CT molecular complexity index is 557. The fourth-order valence-corrected chi connectivity index (χ4v) is 3.50. The second-order valence-corrected chi connectivity index (χ2v) is 6.71. The van der Waals surface area contributed by atoms with Crippen molar-refractivity contribution in [3.8, 4) is 0 Å². The molecule has 25 heavy (non-hydrogen) atoms. The molecule has 1 saturated carbocycles. The number of hydrogen-bond donors (Lipinski definition) is 0. The summed E-state index contributed by atoms with van der Waals surface area (Å²) in [7, 11) is 0. The van der Waals surface area contributed by atoms with Crippen molar-refractivity contribution in [2.75, 3.05) is 6.67 Å². The standard InChI is InChI=1S/C18H21F7/c19-10-2-1-3-12-4-6-13(7-5-12)14-8-9-15(16(20)11-14)17(21,22)18(23,24)25/h8-9,11-13H,1-7,10H2. The van der Waals surface area contributed by atoms with Crippen LogP contribution in [-0.4, -0.2) is 12.9 Å². The quantitative estimate of drug-likeness (QED) is 0.378. The molecule has 1 aromatic rings. The lowest BCUT2D eigenvalue weighted by molar-refractivity contribution is -0.290. The van der Waals surface area contributed by atoms with E-state index in [4.69, 9.17) is 0 Å². The van der Waals surface area contributed by atoms with Crippen molar-refractivity contribution in [2.45, 2.75) is 63.0 Å². The first-order valence-electron chi connectivity index (χ1n) is 8.47. The number of halogens is 7. The maximum atomic E-state index is 13.9. The number of hydrogen-bond acceptors (Lipinski definition) is 0. The number of unbranched alkanes of at least 4 members (excludes halogenated alkanes) is 1. The van der Waals surface area contributed by atoms with Crippen LogP contribution < -0.4 is 0 Å². The summed E-state index contributed by atoms with van der Waals surface area (Å²) in [5.74, 6) is -6.30. The van der Waals surface area contributed by atoms with Gasteiger partial charge in [0.05, 0.1) is 12.2 Å². The Hall–Kier alpha value is -1.27. The summed E-state index contributed by atoms with van der Waals surface area (Å²) in [6, 6.07) is 2.53. The van der Waals surface area contributed by atoms with Gasteiger partial charge in [-0.1, -0.05) is 18.9 Å². The number of alkyl halides is 6. The summed E-state index contributed by atoms with van der Waals surface area (Å²) >= 11 is 0. The van der Waals surface area contributed by atoms with Gasteiger partial charge in [0.1, 0.15) is 5.82 Å². The molecule has 0 aliphatic heterocycles. The Morgan fingerprint density at radius 2 is 1.56 bits per heavy atom. The molecule has 0 amide bonds. The van der Waals surface area contributed by atoms with E-state index < -0.39 is 23.5 Å². The largest absolute Gasteiger partial charge is 0.458 e. The van der Waals surface area contributed by atoms with E-state index in [0.717, 1.165) is 44.6 Å². The van der Waals surface area contributed by atoms with Gasteiger partial charge in [0, 0.05) is 0 Å². The molecule has 1 aliphatic rings. The Morgan fingerprint density at radius 3 is 2.08 bits per heavy atom. The molecule has 0 nitrogen and oxygen atoms in total. The van der Waals surface area contributed by atoms with Gasteiger partial charge in [-0.15, -0.1) is 0 Å². The summed E-state index contributed by atoms with van der Waals surface area (Å²) in [6.07, 6.45) is -0.321. The zero-order valence-electron chi connectivity index (χ0n) is 13.7. The van der Waals surface area contributed by atoms with Crippen LogP contribution in [0.15, 0.2) is 18.2 Å². The summed E-state index contributed by atoms with van der Waals surface area (Å²) < 4.78 is 89.8. The third-order valence-corrected chi connectivity index (χ3v) is 5.00. The van der Waals surface area contributed by atoms with Crippen LogP contribution in [-0.2, 0) is 5.92 Å². The molecule has 0 aromatic heterocycles. The molecule has 7 heteroatoms. The van der Waals surface area contributed by atoms with Crippen LogP contribution in [0.1, 0.15) is 62.0 Å². The molecule has 0 atom stereocenters. The van der Waals surface area contributed by atoms with Crippen LogP contribution >= 0.6 is 0 Å². The second-order valence-electron chi connectivity index (χ2n) is 6.71. The predicted molar refractivity (Wildman–Crippen MR) is 80.9 cm³/mol. The van der Waals surface area contributed by atoms with Crippen LogP contribution in [0.3, 0.4) is 0 Å². The van der Waals surface area contributed by atoms with E-state index in [1.165, 1.54) is 6.07 Å². The lowest BCUT2D eigenvalue weighted by atomic mass is 9.77. The van der Waals surface area contributed by atoms with Crippen molar-refractivity contribution in [1.29, 1.82) is 0 Å². The second kappa shape index (κ2) is 7.96. The van der Waals surface area contributed by atoms with Gasteiger partial charge in [0.15, 0.2) is 0 Å². The molecule has 142 valence electrons. The van der Waals surface area contributed by atoms with Gasteiger partial charge in [-0.25, -0.2) is 4.39 Å². The van der Waals surface area contributed by atoms with Crippen molar-refractivity contribution in [3.05, 3.63) is 35.1 Å². The number of rotatable bonds is 6. The molecule has 0 radical (unpaired) electrons. The Kier molecular flexibility index (Phi) is 6.38. The zero-order valence-corrected chi connectivity index (χ0v) is 13.7. The zero-order chi connectivity index (χ0) is 18.7. The molecule has 0 N–H and O–H groups in total. The van der Waals surface area contributed by atoms with E-state index in [2.05, 4.69) is 0 Å². The molecule has 0 bridgehead atoms. The van der Waals surface area contributed by atoms with E-state index in [1.54, 1.807) is 0 Å². The Labute approximate surface area is 142 Å².